The molecule has 0 unspecified atom stereocenters. The van der Waals surface area contributed by atoms with Gasteiger partial charge in [0.2, 0.25) is 11.9 Å². The summed E-state index contributed by atoms with van der Waals surface area (Å²) in [6, 6.07) is 9.54. The van der Waals surface area contributed by atoms with Crippen LogP contribution in [0.3, 0.4) is 0 Å². The van der Waals surface area contributed by atoms with Crippen molar-refractivity contribution in [1.29, 1.82) is 0 Å². The lowest BCUT2D eigenvalue weighted by Gasteiger charge is -2.36. The summed E-state index contributed by atoms with van der Waals surface area (Å²) in [5, 5.41) is 0. The third-order valence-corrected chi connectivity index (χ3v) is 3.33. The highest BCUT2D eigenvalue weighted by Gasteiger charge is 2.19. The quantitative estimate of drug-likeness (QED) is 0.786. The maximum absolute atomic E-state index is 13.1. The standard InChI is InChI=1S/C14H14F2N4/c15-11-3-1-5-13(17-11)19-7-9-20(10-8-19)14-6-2-4-12(16)18-14/h1-6H,7-10H2. The second-order valence-corrected chi connectivity index (χ2v) is 4.61. The summed E-state index contributed by atoms with van der Waals surface area (Å²) in [5.41, 5.74) is 0. The predicted octanol–water partition coefficient (Wildman–Crippen LogP) is 2.08. The van der Waals surface area contributed by atoms with E-state index < -0.39 is 11.9 Å². The molecule has 1 aliphatic rings. The van der Waals surface area contributed by atoms with Gasteiger partial charge < -0.3 is 9.80 Å². The molecule has 4 nitrogen and oxygen atoms in total. The van der Waals surface area contributed by atoms with Crippen molar-refractivity contribution in [3.05, 3.63) is 48.3 Å². The molecule has 1 saturated heterocycles. The van der Waals surface area contributed by atoms with Gasteiger partial charge in [-0.2, -0.15) is 8.78 Å². The molecular weight excluding hydrogens is 262 g/mol. The Morgan fingerprint density at radius 2 is 1.10 bits per heavy atom. The monoisotopic (exact) mass is 276 g/mol. The summed E-state index contributed by atoms with van der Waals surface area (Å²) >= 11 is 0. The van der Waals surface area contributed by atoms with E-state index in [1.54, 1.807) is 24.3 Å². The van der Waals surface area contributed by atoms with E-state index in [1.807, 2.05) is 9.80 Å². The highest BCUT2D eigenvalue weighted by Crippen LogP contribution is 2.17. The van der Waals surface area contributed by atoms with Crippen LogP contribution < -0.4 is 9.80 Å². The van der Waals surface area contributed by atoms with Gasteiger partial charge in [-0.3, -0.25) is 0 Å². The van der Waals surface area contributed by atoms with Crippen molar-refractivity contribution in [3.63, 3.8) is 0 Å². The molecule has 1 fully saturated rings. The van der Waals surface area contributed by atoms with E-state index in [2.05, 4.69) is 9.97 Å². The smallest absolute Gasteiger partial charge is 0.214 e. The Kier molecular flexibility index (Phi) is 3.45. The van der Waals surface area contributed by atoms with E-state index in [0.717, 1.165) is 0 Å². The first-order valence-corrected chi connectivity index (χ1v) is 6.47. The third-order valence-electron chi connectivity index (χ3n) is 3.33. The van der Waals surface area contributed by atoms with E-state index in [4.69, 9.17) is 0 Å². The Balaban J connectivity index is 1.68. The summed E-state index contributed by atoms with van der Waals surface area (Å²) in [6.45, 7) is 2.81. The van der Waals surface area contributed by atoms with Crippen LogP contribution in [0, 0.1) is 11.9 Å². The Hall–Kier alpha value is -2.24. The summed E-state index contributed by atoms with van der Waals surface area (Å²) in [4.78, 5) is 11.8. The van der Waals surface area contributed by atoms with Gasteiger partial charge in [0.05, 0.1) is 0 Å². The number of rotatable bonds is 2. The molecule has 2 aromatic heterocycles. The van der Waals surface area contributed by atoms with Crippen molar-refractivity contribution < 1.29 is 8.78 Å². The lowest BCUT2D eigenvalue weighted by atomic mass is 10.3. The number of halogens is 2. The van der Waals surface area contributed by atoms with Crippen LogP contribution in [0.25, 0.3) is 0 Å². The number of pyridine rings is 2. The minimum absolute atomic E-state index is 0.475. The zero-order chi connectivity index (χ0) is 13.9. The summed E-state index contributed by atoms with van der Waals surface area (Å²) < 4.78 is 26.2. The van der Waals surface area contributed by atoms with Crippen molar-refractivity contribution in [2.75, 3.05) is 36.0 Å². The number of anilines is 2. The third kappa shape index (κ3) is 2.68. The van der Waals surface area contributed by atoms with E-state index >= 15 is 0 Å². The number of hydrogen-bond donors (Lipinski definition) is 0. The number of piperazine rings is 1. The molecule has 0 spiro atoms. The van der Waals surface area contributed by atoms with Crippen molar-refractivity contribution in [1.82, 2.24) is 9.97 Å². The van der Waals surface area contributed by atoms with Gasteiger partial charge in [0.15, 0.2) is 0 Å². The summed E-state index contributed by atoms with van der Waals surface area (Å²) in [7, 11) is 0. The Morgan fingerprint density at radius 1 is 0.700 bits per heavy atom. The Labute approximate surface area is 115 Å². The van der Waals surface area contributed by atoms with Gasteiger partial charge in [0.25, 0.3) is 0 Å². The van der Waals surface area contributed by atoms with Crippen LogP contribution in [0.2, 0.25) is 0 Å². The second kappa shape index (κ2) is 5.40. The van der Waals surface area contributed by atoms with Gasteiger partial charge in [-0.25, -0.2) is 9.97 Å². The van der Waals surface area contributed by atoms with Crippen LogP contribution in [0.5, 0.6) is 0 Å². The van der Waals surface area contributed by atoms with Gasteiger partial charge >= 0.3 is 0 Å². The van der Waals surface area contributed by atoms with Crippen molar-refractivity contribution in [2.45, 2.75) is 0 Å². The lowest BCUT2D eigenvalue weighted by Crippen LogP contribution is -2.47. The molecule has 0 radical (unpaired) electrons. The molecule has 104 valence electrons. The first-order chi connectivity index (χ1) is 9.72. The lowest BCUT2D eigenvalue weighted by molar-refractivity contribution is 0.566. The molecule has 20 heavy (non-hydrogen) atoms. The molecule has 1 aliphatic heterocycles. The van der Waals surface area contributed by atoms with Crippen molar-refractivity contribution in [3.8, 4) is 0 Å². The van der Waals surface area contributed by atoms with Gasteiger partial charge in [0.1, 0.15) is 11.6 Å². The number of hydrogen-bond acceptors (Lipinski definition) is 4. The molecule has 0 aliphatic carbocycles. The fraction of sp³-hybridized carbons (Fsp3) is 0.286. The van der Waals surface area contributed by atoms with Crippen LogP contribution in [0.15, 0.2) is 36.4 Å². The van der Waals surface area contributed by atoms with E-state index in [9.17, 15) is 8.78 Å². The highest BCUT2D eigenvalue weighted by molar-refractivity contribution is 5.44. The highest BCUT2D eigenvalue weighted by atomic mass is 19.1. The van der Waals surface area contributed by atoms with Gasteiger partial charge in [-0.05, 0) is 24.3 Å². The van der Waals surface area contributed by atoms with Gasteiger partial charge in [-0.15, -0.1) is 0 Å². The minimum atomic E-state index is -0.475. The molecule has 0 N–H and O–H groups in total. The average Bonchev–Trinajstić information content (AvgIpc) is 2.47. The molecule has 6 heteroatoms. The van der Waals surface area contributed by atoms with Crippen LogP contribution in [0.4, 0.5) is 20.4 Å². The van der Waals surface area contributed by atoms with E-state index in [-0.39, 0.29) is 0 Å². The first kappa shape index (κ1) is 12.8. The SMILES string of the molecule is Fc1cccc(N2CCN(c3cccc(F)n3)CC2)n1. The topological polar surface area (TPSA) is 32.3 Å². The Bertz CT molecular complexity index is 544. The fourth-order valence-corrected chi connectivity index (χ4v) is 2.31. The number of aromatic nitrogens is 2. The maximum Gasteiger partial charge on any atom is 0.214 e. The van der Waals surface area contributed by atoms with Crippen LogP contribution in [-0.2, 0) is 0 Å². The number of nitrogens with zero attached hydrogens (tertiary/aromatic N) is 4. The van der Waals surface area contributed by atoms with Crippen LogP contribution in [-0.4, -0.2) is 36.1 Å². The predicted molar refractivity (Wildman–Crippen MR) is 72.8 cm³/mol. The Morgan fingerprint density at radius 3 is 1.45 bits per heavy atom. The molecular formula is C14H14F2N4. The van der Waals surface area contributed by atoms with Crippen LogP contribution in [0.1, 0.15) is 0 Å². The van der Waals surface area contributed by atoms with Crippen molar-refractivity contribution >= 4 is 11.6 Å². The zero-order valence-electron chi connectivity index (χ0n) is 10.8. The fourth-order valence-electron chi connectivity index (χ4n) is 2.31. The zero-order valence-corrected chi connectivity index (χ0v) is 10.8. The summed E-state index contributed by atoms with van der Waals surface area (Å²) in [6.07, 6.45) is 0. The summed E-state index contributed by atoms with van der Waals surface area (Å²) in [5.74, 6) is 0.321. The van der Waals surface area contributed by atoms with Crippen LogP contribution >= 0.6 is 0 Å². The van der Waals surface area contributed by atoms with E-state index in [1.165, 1.54) is 12.1 Å². The second-order valence-electron chi connectivity index (χ2n) is 4.61. The molecule has 3 rings (SSSR count). The van der Waals surface area contributed by atoms with E-state index in [0.29, 0.717) is 37.8 Å². The molecule has 0 atom stereocenters. The van der Waals surface area contributed by atoms with Crippen molar-refractivity contribution in [2.24, 2.45) is 0 Å². The molecule has 0 aromatic carbocycles. The largest absolute Gasteiger partial charge is 0.353 e. The molecule has 0 amide bonds. The first-order valence-electron chi connectivity index (χ1n) is 6.47. The molecule has 2 aromatic rings. The van der Waals surface area contributed by atoms with Gasteiger partial charge in [-0.1, -0.05) is 12.1 Å². The van der Waals surface area contributed by atoms with Gasteiger partial charge in [0, 0.05) is 26.2 Å². The molecule has 0 saturated carbocycles. The maximum atomic E-state index is 13.1. The molecule has 3 heterocycles. The minimum Gasteiger partial charge on any atom is -0.353 e. The normalized spacial score (nSPS) is 15.5. The average molecular weight is 276 g/mol. The molecule has 0 bridgehead atoms.